The maximum Gasteiger partial charge on any atom is 0.400 e. The second-order valence-electron chi connectivity index (χ2n) is 7.73. The van der Waals surface area contributed by atoms with Crippen LogP contribution in [0.5, 0.6) is 0 Å². The molecule has 0 radical (unpaired) electrons. The Kier molecular flexibility index (Phi) is 12.2. The predicted octanol–water partition coefficient (Wildman–Crippen LogP) is 3.44. The van der Waals surface area contributed by atoms with Gasteiger partial charge in [-0.05, 0) is 35.2 Å². The molecule has 0 heterocycles. The molecular weight excluding hydrogens is 418 g/mol. The normalized spacial score (nSPS) is 17.7. The number of hydrogen-bond donors (Lipinski definition) is 4. The molecule has 12 heteroatoms. The van der Waals surface area contributed by atoms with Crippen molar-refractivity contribution in [3.63, 3.8) is 0 Å². The monoisotopic (exact) mass is 452 g/mol. The van der Waals surface area contributed by atoms with E-state index >= 15 is 0 Å². The molecule has 0 aliphatic rings. The molecule has 158 valence electrons. The van der Waals surface area contributed by atoms with Gasteiger partial charge in [-0.2, -0.15) is 23.5 Å². The van der Waals surface area contributed by atoms with Gasteiger partial charge in [-0.15, -0.1) is 0 Å². The van der Waals surface area contributed by atoms with Crippen molar-refractivity contribution in [2.24, 2.45) is 21.8 Å². The van der Waals surface area contributed by atoms with Crippen molar-refractivity contribution in [2.45, 2.75) is 40.5 Å². The van der Waals surface area contributed by atoms with Crippen LogP contribution in [-0.4, -0.2) is 46.0 Å². The summed E-state index contributed by atoms with van der Waals surface area (Å²) in [6.45, 7) is 8.24. The van der Waals surface area contributed by atoms with Crippen LogP contribution in [-0.2, 0) is 18.2 Å². The minimum Gasteiger partial charge on any atom is -0.313 e. The van der Waals surface area contributed by atoms with Crippen LogP contribution in [0.15, 0.2) is 0 Å². The molecule has 0 fully saturated rings. The second kappa shape index (κ2) is 11.8. The zero-order valence-corrected chi connectivity index (χ0v) is 19.5. The SMILES string of the molecule is CC(C)(CCSCCSCCC(C)(C)COP(N)(=O)O)COP(N)(=O)O. The molecule has 8 nitrogen and oxygen atoms in total. The van der Waals surface area contributed by atoms with Crippen molar-refractivity contribution in [3.8, 4) is 0 Å². The molecule has 6 N–H and O–H groups in total. The van der Waals surface area contributed by atoms with Gasteiger partial charge in [-0.1, -0.05) is 27.7 Å². The Bertz CT molecular complexity index is 452. The highest BCUT2D eigenvalue weighted by atomic mass is 32.2. The largest absolute Gasteiger partial charge is 0.400 e. The van der Waals surface area contributed by atoms with Crippen LogP contribution in [0.3, 0.4) is 0 Å². The van der Waals surface area contributed by atoms with E-state index in [1.54, 1.807) is 0 Å². The Balaban J connectivity index is 3.72. The summed E-state index contributed by atoms with van der Waals surface area (Å²) in [5, 5.41) is 0. The van der Waals surface area contributed by atoms with Gasteiger partial charge in [0.05, 0.1) is 13.2 Å². The molecule has 26 heavy (non-hydrogen) atoms. The fraction of sp³-hybridized carbons (Fsp3) is 1.00. The van der Waals surface area contributed by atoms with Crippen LogP contribution in [0.25, 0.3) is 0 Å². The first kappa shape index (κ1) is 26.9. The highest BCUT2D eigenvalue weighted by Gasteiger charge is 2.23. The molecule has 0 rings (SSSR count). The summed E-state index contributed by atoms with van der Waals surface area (Å²) in [4.78, 5) is 17.9. The lowest BCUT2D eigenvalue weighted by atomic mass is 9.92. The molecule has 0 aromatic rings. The second-order valence-corrected chi connectivity index (χ2v) is 13.0. The first-order valence-electron chi connectivity index (χ1n) is 8.29. The van der Waals surface area contributed by atoms with Crippen molar-refractivity contribution in [3.05, 3.63) is 0 Å². The summed E-state index contributed by atoms with van der Waals surface area (Å²) in [5.41, 5.74) is 9.56. The average molecular weight is 453 g/mol. The Morgan fingerprint density at radius 3 is 1.35 bits per heavy atom. The van der Waals surface area contributed by atoms with Crippen LogP contribution >= 0.6 is 39.0 Å². The molecule has 0 aromatic carbocycles. The van der Waals surface area contributed by atoms with E-state index in [9.17, 15) is 9.13 Å². The lowest BCUT2D eigenvalue weighted by Crippen LogP contribution is -2.21. The maximum absolute atomic E-state index is 11.0. The Morgan fingerprint density at radius 2 is 1.08 bits per heavy atom. The summed E-state index contributed by atoms with van der Waals surface area (Å²) in [5.74, 6) is 3.92. The summed E-state index contributed by atoms with van der Waals surface area (Å²) in [6, 6.07) is 0. The fourth-order valence-corrected chi connectivity index (χ4v) is 5.51. The van der Waals surface area contributed by atoms with E-state index in [2.05, 4.69) is 0 Å². The van der Waals surface area contributed by atoms with Crippen molar-refractivity contribution in [1.82, 2.24) is 0 Å². The smallest absolute Gasteiger partial charge is 0.313 e. The minimum atomic E-state index is -3.90. The van der Waals surface area contributed by atoms with Crippen molar-refractivity contribution >= 4 is 39.0 Å². The van der Waals surface area contributed by atoms with E-state index in [-0.39, 0.29) is 24.0 Å². The molecule has 0 aliphatic carbocycles. The number of rotatable bonds is 15. The Hall–Kier alpha value is 0.920. The quantitative estimate of drug-likeness (QED) is 0.215. The van der Waals surface area contributed by atoms with Crippen LogP contribution in [0.2, 0.25) is 0 Å². The summed E-state index contributed by atoms with van der Waals surface area (Å²) in [7, 11) is -7.81. The van der Waals surface area contributed by atoms with Gasteiger partial charge < -0.3 is 9.79 Å². The predicted molar refractivity (Wildman–Crippen MR) is 111 cm³/mol. The molecule has 0 aromatic heterocycles. The van der Waals surface area contributed by atoms with Gasteiger partial charge in [0.1, 0.15) is 0 Å². The third-order valence-electron chi connectivity index (χ3n) is 3.50. The molecule has 0 saturated heterocycles. The van der Waals surface area contributed by atoms with E-state index in [4.69, 9.17) is 29.8 Å². The summed E-state index contributed by atoms with van der Waals surface area (Å²) < 4.78 is 31.5. The molecule has 2 atom stereocenters. The van der Waals surface area contributed by atoms with Gasteiger partial charge in [0, 0.05) is 11.5 Å². The highest BCUT2D eigenvalue weighted by Crippen LogP contribution is 2.36. The number of thioether (sulfide) groups is 2. The zero-order valence-electron chi connectivity index (χ0n) is 16.0. The van der Waals surface area contributed by atoms with E-state index in [0.29, 0.717) is 0 Å². The third-order valence-corrected chi connectivity index (χ3v) is 6.73. The van der Waals surface area contributed by atoms with Gasteiger partial charge in [0.15, 0.2) is 0 Å². The Morgan fingerprint density at radius 1 is 0.769 bits per heavy atom. The third kappa shape index (κ3) is 18.3. The van der Waals surface area contributed by atoms with Gasteiger partial charge in [-0.3, -0.25) is 9.05 Å². The van der Waals surface area contributed by atoms with Gasteiger partial charge in [-0.25, -0.2) is 20.1 Å². The molecular formula is C14H34N2O6P2S2. The van der Waals surface area contributed by atoms with Crippen molar-refractivity contribution in [2.75, 3.05) is 36.2 Å². The topological polar surface area (TPSA) is 145 Å². The van der Waals surface area contributed by atoms with E-state index < -0.39 is 15.5 Å². The van der Waals surface area contributed by atoms with Gasteiger partial charge >= 0.3 is 15.5 Å². The summed E-state index contributed by atoms with van der Waals surface area (Å²) >= 11 is 3.67. The lowest BCUT2D eigenvalue weighted by molar-refractivity contribution is 0.157. The molecule has 0 bridgehead atoms. The molecule has 0 aliphatic heterocycles. The Labute approximate surface area is 165 Å². The maximum atomic E-state index is 11.0. The first-order chi connectivity index (χ1) is 11.6. The number of nitrogens with two attached hydrogens (primary N) is 2. The fourth-order valence-electron chi connectivity index (χ4n) is 1.70. The highest BCUT2D eigenvalue weighted by molar-refractivity contribution is 8.02. The van der Waals surface area contributed by atoms with E-state index in [0.717, 1.165) is 35.9 Å². The van der Waals surface area contributed by atoms with Gasteiger partial charge in [0.2, 0.25) is 0 Å². The zero-order chi connectivity index (χ0) is 20.5. The van der Waals surface area contributed by atoms with Gasteiger partial charge in [0.25, 0.3) is 0 Å². The molecule has 0 spiro atoms. The standard InChI is InChI=1S/C14H34N2O6P2S2/c1-13(2,11-21-23(15,17)18)5-7-25-9-10-26-8-6-14(3,4)12-22-24(16,19)20/h5-12H2,1-4H3,(H3,15,17,18)(H3,16,19,20). The van der Waals surface area contributed by atoms with Crippen LogP contribution in [0.4, 0.5) is 0 Å². The van der Waals surface area contributed by atoms with Crippen molar-refractivity contribution < 1.29 is 28.0 Å². The lowest BCUT2D eigenvalue weighted by Gasteiger charge is -2.25. The minimum absolute atomic E-state index is 0.160. The first-order valence-corrected chi connectivity index (χ1v) is 13.9. The van der Waals surface area contributed by atoms with E-state index in [1.807, 2.05) is 51.2 Å². The van der Waals surface area contributed by atoms with Crippen molar-refractivity contribution in [1.29, 1.82) is 0 Å². The molecule has 0 saturated carbocycles. The summed E-state index contributed by atoms with van der Waals surface area (Å²) in [6.07, 6.45) is 1.74. The average Bonchev–Trinajstić information content (AvgIpc) is 2.45. The van der Waals surface area contributed by atoms with Crippen LogP contribution in [0, 0.1) is 10.8 Å². The van der Waals surface area contributed by atoms with Crippen LogP contribution < -0.4 is 11.0 Å². The van der Waals surface area contributed by atoms with E-state index in [1.165, 1.54) is 0 Å². The molecule has 0 amide bonds. The number of hydrogen-bond acceptors (Lipinski definition) is 6. The molecule has 2 unspecified atom stereocenters. The van der Waals surface area contributed by atoms with Crippen LogP contribution in [0.1, 0.15) is 40.5 Å².